The zero-order chi connectivity index (χ0) is 22.4. The monoisotopic (exact) mass is 431 g/mol. The Labute approximate surface area is 178 Å². The van der Waals surface area contributed by atoms with Gasteiger partial charge in [-0.15, -0.1) is 0 Å². The first-order chi connectivity index (χ1) is 14.5. The van der Waals surface area contributed by atoms with E-state index in [2.05, 4.69) is 15.1 Å². The Balaban J connectivity index is 1.71. The zero-order valence-corrected chi connectivity index (χ0v) is 17.6. The maximum absolute atomic E-state index is 13.8. The number of hydrogen-bond acceptors (Lipinski definition) is 4. The summed E-state index contributed by atoms with van der Waals surface area (Å²) in [6, 6.07) is 5.97. The lowest BCUT2D eigenvalue weighted by Gasteiger charge is -2.32. The molecule has 1 aliphatic heterocycles. The molecule has 1 atom stereocenters. The van der Waals surface area contributed by atoms with Crippen LogP contribution in [0.25, 0.3) is 5.65 Å². The Bertz CT molecular complexity index is 1100. The second-order valence-corrected chi connectivity index (χ2v) is 8.94. The lowest BCUT2D eigenvalue weighted by atomic mass is 9.92. The van der Waals surface area contributed by atoms with Gasteiger partial charge in [-0.3, -0.25) is 9.78 Å². The number of likely N-dealkylation sites (tertiary alicyclic amines) is 1. The van der Waals surface area contributed by atoms with Gasteiger partial charge in [0, 0.05) is 54.1 Å². The molecule has 0 saturated carbocycles. The first-order valence-corrected chi connectivity index (χ1v) is 10.2. The summed E-state index contributed by atoms with van der Waals surface area (Å²) in [5.74, 6) is -0.429. The summed E-state index contributed by atoms with van der Waals surface area (Å²) in [7, 11) is 0. The Hall–Kier alpha value is -2.97. The summed E-state index contributed by atoms with van der Waals surface area (Å²) in [5.41, 5.74) is 0.316. The van der Waals surface area contributed by atoms with E-state index >= 15 is 0 Å². The van der Waals surface area contributed by atoms with Crippen molar-refractivity contribution in [3.8, 4) is 0 Å². The third-order valence-electron chi connectivity index (χ3n) is 5.56. The summed E-state index contributed by atoms with van der Waals surface area (Å²) in [6.45, 7) is 6.57. The molecule has 0 aliphatic carbocycles. The third-order valence-corrected chi connectivity index (χ3v) is 5.56. The fourth-order valence-corrected chi connectivity index (χ4v) is 3.85. The van der Waals surface area contributed by atoms with Gasteiger partial charge in [0.1, 0.15) is 5.69 Å². The molecule has 0 spiro atoms. The molecule has 1 fully saturated rings. The summed E-state index contributed by atoms with van der Waals surface area (Å²) in [6.07, 6.45) is -0.111. The number of pyridine rings is 1. The van der Waals surface area contributed by atoms with Gasteiger partial charge in [-0.2, -0.15) is 18.3 Å². The molecule has 4 rings (SSSR count). The first kappa shape index (κ1) is 21.3. The number of rotatable bonds is 2. The number of nitrogens with zero attached hydrogens (tertiary/aromatic N) is 5. The third kappa shape index (κ3) is 4.26. The van der Waals surface area contributed by atoms with E-state index in [4.69, 9.17) is 0 Å². The minimum absolute atomic E-state index is 0.149. The molecule has 3 aromatic rings. The molecule has 164 valence electrons. The molecule has 0 aromatic carbocycles. The van der Waals surface area contributed by atoms with Crippen molar-refractivity contribution in [1.82, 2.24) is 24.5 Å². The van der Waals surface area contributed by atoms with Crippen LogP contribution in [0.3, 0.4) is 0 Å². The molecule has 3 aromatic heterocycles. The van der Waals surface area contributed by atoms with Crippen LogP contribution in [0.4, 0.5) is 13.2 Å². The standard InChI is InChI=1S/C22H24F3N5O/c1-21(2,3)17-12-19-27-16(11-18(22(23,24)25)30(19)28-17)15-5-4-10-29(13-15)20(31)14-6-8-26-9-7-14/h6-9,11-12,15H,4-5,10,13H2,1-3H3/t15-/m0/s1. The Morgan fingerprint density at radius 3 is 2.48 bits per heavy atom. The zero-order valence-electron chi connectivity index (χ0n) is 17.6. The number of carbonyl (C=O) groups is 1. The smallest absolute Gasteiger partial charge is 0.338 e. The topological polar surface area (TPSA) is 63.4 Å². The highest BCUT2D eigenvalue weighted by Gasteiger charge is 2.37. The molecule has 0 unspecified atom stereocenters. The van der Waals surface area contributed by atoms with E-state index in [-0.39, 0.29) is 17.5 Å². The van der Waals surface area contributed by atoms with E-state index in [1.165, 1.54) is 0 Å². The van der Waals surface area contributed by atoms with Crippen molar-refractivity contribution >= 4 is 11.6 Å². The number of fused-ring (bicyclic) bond motifs is 1. The SMILES string of the molecule is CC(C)(C)c1cc2nc([C@H]3CCCN(C(=O)c4ccncc4)C3)cc(C(F)(F)F)n2n1. The molecular weight excluding hydrogens is 407 g/mol. The van der Waals surface area contributed by atoms with Crippen molar-refractivity contribution in [3.63, 3.8) is 0 Å². The number of alkyl halides is 3. The van der Waals surface area contributed by atoms with Crippen molar-refractivity contribution in [2.24, 2.45) is 0 Å². The largest absolute Gasteiger partial charge is 0.433 e. The fraction of sp³-hybridized carbons (Fsp3) is 0.455. The van der Waals surface area contributed by atoms with Crippen LogP contribution in [0.2, 0.25) is 0 Å². The van der Waals surface area contributed by atoms with E-state index in [0.29, 0.717) is 42.9 Å². The van der Waals surface area contributed by atoms with E-state index in [0.717, 1.165) is 10.6 Å². The van der Waals surface area contributed by atoms with Gasteiger partial charge in [0.15, 0.2) is 5.65 Å². The number of halogens is 3. The highest BCUT2D eigenvalue weighted by Crippen LogP contribution is 2.34. The summed E-state index contributed by atoms with van der Waals surface area (Å²) >= 11 is 0. The fourth-order valence-electron chi connectivity index (χ4n) is 3.85. The van der Waals surface area contributed by atoms with Crippen LogP contribution in [0, 0.1) is 0 Å². The molecule has 0 radical (unpaired) electrons. The van der Waals surface area contributed by atoms with Crippen LogP contribution in [0.5, 0.6) is 0 Å². The van der Waals surface area contributed by atoms with Gasteiger partial charge in [0.05, 0.1) is 5.69 Å². The second-order valence-electron chi connectivity index (χ2n) is 8.94. The molecular formula is C22H24F3N5O. The average Bonchev–Trinajstić information content (AvgIpc) is 3.17. The summed E-state index contributed by atoms with van der Waals surface area (Å²) in [5, 5.41) is 4.18. The molecule has 31 heavy (non-hydrogen) atoms. The van der Waals surface area contributed by atoms with Gasteiger partial charge in [-0.25, -0.2) is 9.50 Å². The summed E-state index contributed by atoms with van der Waals surface area (Å²) < 4.78 is 42.4. The maximum atomic E-state index is 13.8. The number of piperidine rings is 1. The second kappa shape index (κ2) is 7.62. The minimum Gasteiger partial charge on any atom is -0.338 e. The minimum atomic E-state index is -4.57. The molecule has 1 saturated heterocycles. The quantitative estimate of drug-likeness (QED) is 0.601. The van der Waals surface area contributed by atoms with Gasteiger partial charge >= 0.3 is 6.18 Å². The van der Waals surface area contributed by atoms with Crippen LogP contribution in [-0.4, -0.2) is 43.5 Å². The van der Waals surface area contributed by atoms with E-state index in [1.54, 1.807) is 35.5 Å². The van der Waals surface area contributed by atoms with Crippen molar-refractivity contribution in [2.75, 3.05) is 13.1 Å². The predicted octanol–water partition coefficient (Wildman–Crippen LogP) is 4.46. The lowest BCUT2D eigenvalue weighted by molar-refractivity contribution is -0.142. The van der Waals surface area contributed by atoms with E-state index in [1.807, 2.05) is 20.8 Å². The van der Waals surface area contributed by atoms with Gasteiger partial charge in [0.25, 0.3) is 5.91 Å². The highest BCUT2D eigenvalue weighted by molar-refractivity contribution is 5.94. The van der Waals surface area contributed by atoms with Crippen molar-refractivity contribution in [2.45, 2.75) is 51.1 Å². The van der Waals surface area contributed by atoms with Crippen molar-refractivity contribution in [3.05, 3.63) is 59.3 Å². The number of amides is 1. The van der Waals surface area contributed by atoms with Crippen LogP contribution in [0.15, 0.2) is 36.7 Å². The molecule has 9 heteroatoms. The Morgan fingerprint density at radius 2 is 1.84 bits per heavy atom. The molecule has 0 N–H and O–H groups in total. The van der Waals surface area contributed by atoms with Crippen LogP contribution in [-0.2, 0) is 11.6 Å². The maximum Gasteiger partial charge on any atom is 0.433 e. The highest BCUT2D eigenvalue weighted by atomic mass is 19.4. The van der Waals surface area contributed by atoms with Gasteiger partial charge in [-0.1, -0.05) is 20.8 Å². The van der Waals surface area contributed by atoms with E-state index in [9.17, 15) is 18.0 Å². The molecule has 1 aliphatic rings. The normalized spacial score (nSPS) is 17.9. The molecule has 0 bridgehead atoms. The van der Waals surface area contributed by atoms with Gasteiger partial charge in [0.2, 0.25) is 0 Å². The lowest BCUT2D eigenvalue weighted by Crippen LogP contribution is -2.39. The van der Waals surface area contributed by atoms with E-state index < -0.39 is 17.3 Å². The number of aromatic nitrogens is 4. The van der Waals surface area contributed by atoms with Crippen molar-refractivity contribution < 1.29 is 18.0 Å². The van der Waals surface area contributed by atoms with Gasteiger partial charge < -0.3 is 4.90 Å². The molecule has 1 amide bonds. The van der Waals surface area contributed by atoms with Crippen LogP contribution < -0.4 is 0 Å². The first-order valence-electron chi connectivity index (χ1n) is 10.2. The number of hydrogen-bond donors (Lipinski definition) is 0. The average molecular weight is 431 g/mol. The number of carbonyl (C=O) groups excluding carboxylic acids is 1. The molecule has 6 nitrogen and oxygen atoms in total. The Kier molecular flexibility index (Phi) is 5.23. The van der Waals surface area contributed by atoms with Crippen LogP contribution >= 0.6 is 0 Å². The predicted molar refractivity (Wildman–Crippen MR) is 109 cm³/mol. The summed E-state index contributed by atoms with van der Waals surface area (Å²) in [4.78, 5) is 22.9. The van der Waals surface area contributed by atoms with Crippen LogP contribution in [0.1, 0.15) is 67.0 Å². The van der Waals surface area contributed by atoms with Crippen molar-refractivity contribution in [1.29, 1.82) is 0 Å². The van der Waals surface area contributed by atoms with Gasteiger partial charge in [-0.05, 0) is 31.0 Å². The Morgan fingerprint density at radius 1 is 1.13 bits per heavy atom. The molecule has 4 heterocycles.